The van der Waals surface area contributed by atoms with Gasteiger partial charge in [-0.25, -0.2) is 0 Å². The predicted molar refractivity (Wildman–Crippen MR) is 96.2 cm³/mol. The average molecular weight is 317 g/mol. The van der Waals surface area contributed by atoms with Crippen molar-refractivity contribution in [3.05, 3.63) is 89.5 Å². The molecule has 24 heavy (non-hydrogen) atoms. The third-order valence-corrected chi connectivity index (χ3v) is 4.05. The van der Waals surface area contributed by atoms with E-state index < -0.39 is 5.91 Å². The summed E-state index contributed by atoms with van der Waals surface area (Å²) in [7, 11) is 1.65. The molecule has 0 heterocycles. The highest BCUT2D eigenvalue weighted by Gasteiger charge is 2.12. The molecule has 1 amide bonds. The Morgan fingerprint density at radius 1 is 0.875 bits per heavy atom. The molecule has 0 radical (unpaired) electrons. The normalized spacial score (nSPS) is 10.4. The van der Waals surface area contributed by atoms with Gasteiger partial charge in [-0.2, -0.15) is 0 Å². The third-order valence-electron chi connectivity index (χ3n) is 4.05. The molecule has 0 fully saturated rings. The molecule has 3 aromatic carbocycles. The zero-order chi connectivity index (χ0) is 16.9. The maximum absolute atomic E-state index is 11.8. The summed E-state index contributed by atoms with van der Waals surface area (Å²) >= 11 is 0. The molecular weight excluding hydrogens is 298 g/mol. The van der Waals surface area contributed by atoms with E-state index in [2.05, 4.69) is 0 Å². The Balaban J connectivity index is 2.05. The molecule has 3 nitrogen and oxygen atoms in total. The molecule has 2 N–H and O–H groups in total. The molecule has 0 bridgehead atoms. The van der Waals surface area contributed by atoms with Gasteiger partial charge in [-0.15, -0.1) is 0 Å². The first-order valence-electron chi connectivity index (χ1n) is 7.79. The van der Waals surface area contributed by atoms with Crippen molar-refractivity contribution in [2.45, 2.75) is 6.42 Å². The van der Waals surface area contributed by atoms with Crippen molar-refractivity contribution in [3.8, 4) is 16.9 Å². The summed E-state index contributed by atoms with van der Waals surface area (Å²) in [5.41, 5.74) is 10.2. The zero-order valence-corrected chi connectivity index (χ0v) is 13.5. The number of methoxy groups -OCH3 is 1. The number of primary amides is 1. The Morgan fingerprint density at radius 2 is 1.58 bits per heavy atom. The number of hydrogen-bond acceptors (Lipinski definition) is 2. The second kappa shape index (κ2) is 7.01. The fraction of sp³-hybridized carbons (Fsp3) is 0.0952. The van der Waals surface area contributed by atoms with Gasteiger partial charge in [-0.1, -0.05) is 60.7 Å². The molecule has 0 aliphatic rings. The molecule has 3 heteroatoms. The Kier molecular flexibility index (Phi) is 4.62. The lowest BCUT2D eigenvalue weighted by Gasteiger charge is -2.12. The lowest BCUT2D eigenvalue weighted by atomic mass is 9.94. The van der Waals surface area contributed by atoms with Crippen molar-refractivity contribution < 1.29 is 9.53 Å². The van der Waals surface area contributed by atoms with Crippen LogP contribution in [0.1, 0.15) is 21.5 Å². The van der Waals surface area contributed by atoms with Crippen LogP contribution in [0.4, 0.5) is 0 Å². The van der Waals surface area contributed by atoms with E-state index in [-0.39, 0.29) is 0 Å². The Morgan fingerprint density at radius 3 is 2.29 bits per heavy atom. The number of amides is 1. The Labute approximate surface area is 141 Å². The van der Waals surface area contributed by atoms with Crippen LogP contribution in [0.3, 0.4) is 0 Å². The molecule has 0 saturated heterocycles. The number of benzene rings is 3. The summed E-state index contributed by atoms with van der Waals surface area (Å²) in [5.74, 6) is 0.387. The van der Waals surface area contributed by atoms with Gasteiger partial charge in [-0.05, 0) is 34.4 Å². The first kappa shape index (κ1) is 15.8. The van der Waals surface area contributed by atoms with Crippen molar-refractivity contribution in [1.82, 2.24) is 0 Å². The lowest BCUT2D eigenvalue weighted by Crippen LogP contribution is -2.14. The zero-order valence-electron chi connectivity index (χ0n) is 13.5. The molecule has 0 unspecified atom stereocenters. The number of carbonyl (C=O) groups is 1. The predicted octanol–water partition coefficient (Wildman–Crippen LogP) is 4.05. The van der Waals surface area contributed by atoms with Crippen molar-refractivity contribution in [2.75, 3.05) is 7.11 Å². The van der Waals surface area contributed by atoms with Gasteiger partial charge in [0.25, 0.3) is 0 Å². The van der Waals surface area contributed by atoms with Crippen LogP contribution >= 0.6 is 0 Å². The molecule has 0 aliphatic carbocycles. The number of nitrogens with two attached hydrogens (primary N) is 1. The van der Waals surface area contributed by atoms with E-state index in [1.807, 2.05) is 66.7 Å². The van der Waals surface area contributed by atoms with E-state index in [1.165, 1.54) is 0 Å². The van der Waals surface area contributed by atoms with Gasteiger partial charge in [0.1, 0.15) is 5.75 Å². The maximum Gasteiger partial charge on any atom is 0.248 e. The van der Waals surface area contributed by atoms with Gasteiger partial charge in [0.2, 0.25) is 5.91 Å². The minimum Gasteiger partial charge on any atom is -0.496 e. The van der Waals surface area contributed by atoms with Crippen molar-refractivity contribution in [3.63, 3.8) is 0 Å². The third kappa shape index (κ3) is 3.30. The van der Waals surface area contributed by atoms with Gasteiger partial charge >= 0.3 is 0 Å². The largest absolute Gasteiger partial charge is 0.496 e. The molecule has 3 aromatic rings. The standard InChI is InChI=1S/C21H19NO2/c1-24-20-10-6-5-9-17(20)14-18-13-16(11-12-19(18)21(22)23)15-7-3-2-4-8-15/h2-13H,14H2,1H3,(H2,22,23). The monoisotopic (exact) mass is 317 g/mol. The van der Waals surface area contributed by atoms with E-state index in [4.69, 9.17) is 10.5 Å². The highest BCUT2D eigenvalue weighted by atomic mass is 16.5. The molecule has 0 atom stereocenters. The van der Waals surface area contributed by atoms with Gasteiger partial charge in [-0.3, -0.25) is 4.79 Å². The van der Waals surface area contributed by atoms with Crippen LogP contribution in [-0.2, 0) is 6.42 Å². The van der Waals surface area contributed by atoms with Crippen LogP contribution in [0.25, 0.3) is 11.1 Å². The van der Waals surface area contributed by atoms with Crippen LogP contribution in [0.15, 0.2) is 72.8 Å². The van der Waals surface area contributed by atoms with Crippen LogP contribution in [0.5, 0.6) is 5.75 Å². The highest BCUT2D eigenvalue weighted by Crippen LogP contribution is 2.27. The van der Waals surface area contributed by atoms with Crippen LogP contribution in [-0.4, -0.2) is 13.0 Å². The smallest absolute Gasteiger partial charge is 0.248 e. The molecular formula is C21H19NO2. The topological polar surface area (TPSA) is 52.3 Å². The van der Waals surface area contributed by atoms with Crippen LogP contribution in [0.2, 0.25) is 0 Å². The van der Waals surface area contributed by atoms with E-state index in [0.717, 1.165) is 28.0 Å². The van der Waals surface area contributed by atoms with E-state index in [9.17, 15) is 4.79 Å². The number of carbonyl (C=O) groups excluding carboxylic acids is 1. The first-order chi connectivity index (χ1) is 11.7. The summed E-state index contributed by atoms with van der Waals surface area (Å²) < 4.78 is 5.42. The lowest BCUT2D eigenvalue weighted by molar-refractivity contribution is 0.0999. The van der Waals surface area contributed by atoms with Gasteiger partial charge in [0.05, 0.1) is 7.11 Å². The molecule has 3 rings (SSSR count). The van der Waals surface area contributed by atoms with Crippen molar-refractivity contribution >= 4 is 5.91 Å². The van der Waals surface area contributed by atoms with Crippen LogP contribution < -0.4 is 10.5 Å². The second-order valence-corrected chi connectivity index (χ2v) is 5.59. The SMILES string of the molecule is COc1ccccc1Cc1cc(-c2ccccc2)ccc1C(N)=O. The Hall–Kier alpha value is -3.07. The summed E-state index contributed by atoms with van der Waals surface area (Å²) in [6.45, 7) is 0. The first-order valence-corrected chi connectivity index (χ1v) is 7.79. The fourth-order valence-corrected chi connectivity index (χ4v) is 2.84. The minimum atomic E-state index is -0.417. The van der Waals surface area contributed by atoms with Crippen molar-refractivity contribution in [2.24, 2.45) is 5.73 Å². The number of hydrogen-bond donors (Lipinski definition) is 1. The number of para-hydroxylation sites is 1. The Bertz CT molecular complexity index is 857. The molecule has 120 valence electrons. The minimum absolute atomic E-state index is 0.417. The van der Waals surface area contributed by atoms with E-state index >= 15 is 0 Å². The number of rotatable bonds is 5. The van der Waals surface area contributed by atoms with Gasteiger partial charge in [0, 0.05) is 12.0 Å². The highest BCUT2D eigenvalue weighted by molar-refractivity contribution is 5.95. The molecule has 0 aromatic heterocycles. The van der Waals surface area contributed by atoms with Gasteiger partial charge in [0.15, 0.2) is 0 Å². The molecule has 0 saturated carbocycles. The van der Waals surface area contributed by atoms with Crippen LogP contribution in [0, 0.1) is 0 Å². The quantitative estimate of drug-likeness (QED) is 0.772. The second-order valence-electron chi connectivity index (χ2n) is 5.59. The molecule has 0 spiro atoms. The van der Waals surface area contributed by atoms with E-state index in [0.29, 0.717) is 12.0 Å². The number of ether oxygens (including phenoxy) is 1. The summed E-state index contributed by atoms with van der Waals surface area (Å²) in [6.07, 6.45) is 0.586. The average Bonchev–Trinajstić information content (AvgIpc) is 2.62. The van der Waals surface area contributed by atoms with Gasteiger partial charge < -0.3 is 10.5 Å². The summed E-state index contributed by atoms with van der Waals surface area (Å²) in [6, 6.07) is 23.6. The summed E-state index contributed by atoms with van der Waals surface area (Å²) in [5, 5.41) is 0. The molecule has 0 aliphatic heterocycles. The summed E-state index contributed by atoms with van der Waals surface area (Å²) in [4.78, 5) is 11.8. The maximum atomic E-state index is 11.8. The fourth-order valence-electron chi connectivity index (χ4n) is 2.84. The van der Waals surface area contributed by atoms with E-state index in [1.54, 1.807) is 13.2 Å². The van der Waals surface area contributed by atoms with Crippen molar-refractivity contribution in [1.29, 1.82) is 0 Å².